The fourth-order valence-electron chi connectivity index (χ4n) is 5.41. The molecule has 3 aromatic heterocycles. The molecular formula is C28H33N7O4. The van der Waals surface area contributed by atoms with E-state index in [9.17, 15) is 19.6 Å². The lowest BCUT2D eigenvalue weighted by Gasteiger charge is -2.34. The highest BCUT2D eigenvalue weighted by molar-refractivity contribution is 5.77. The van der Waals surface area contributed by atoms with Gasteiger partial charge in [0, 0.05) is 54.7 Å². The van der Waals surface area contributed by atoms with Crippen molar-refractivity contribution >= 4 is 28.8 Å². The summed E-state index contributed by atoms with van der Waals surface area (Å²) in [6.07, 6.45) is 8.11. The summed E-state index contributed by atoms with van der Waals surface area (Å²) in [5, 5.41) is 13.2. The second-order valence-corrected chi connectivity index (χ2v) is 11.2. The number of amides is 1. The van der Waals surface area contributed by atoms with Crippen molar-refractivity contribution < 1.29 is 9.53 Å². The largest absolute Gasteiger partial charge is 0.444 e. The monoisotopic (exact) mass is 531 g/mol. The molecule has 4 heterocycles. The van der Waals surface area contributed by atoms with Crippen LogP contribution in [0, 0.1) is 11.3 Å². The number of nitrogens with zero attached hydrogens (tertiary/aromatic N) is 6. The number of carbonyl (C=O) groups excluding carboxylic acids is 1. The van der Waals surface area contributed by atoms with Gasteiger partial charge in [-0.1, -0.05) is 12.8 Å². The quantitative estimate of drug-likeness (QED) is 0.528. The molecule has 0 radical (unpaired) electrons. The van der Waals surface area contributed by atoms with Crippen LogP contribution in [0.1, 0.15) is 76.9 Å². The smallest absolute Gasteiger partial charge is 0.410 e. The zero-order valence-corrected chi connectivity index (χ0v) is 22.5. The van der Waals surface area contributed by atoms with E-state index in [-0.39, 0.29) is 40.8 Å². The van der Waals surface area contributed by atoms with Gasteiger partial charge in [0.2, 0.25) is 5.95 Å². The highest BCUT2D eigenvalue weighted by atomic mass is 16.6. The average Bonchev–Trinajstić information content (AvgIpc) is 3.42. The lowest BCUT2D eigenvalue weighted by Crippen LogP contribution is -2.43. The Labute approximate surface area is 226 Å². The van der Waals surface area contributed by atoms with Gasteiger partial charge >= 0.3 is 6.09 Å². The van der Waals surface area contributed by atoms with Crippen LogP contribution in [0.25, 0.3) is 11.0 Å². The predicted molar refractivity (Wildman–Crippen MR) is 146 cm³/mol. The van der Waals surface area contributed by atoms with Crippen molar-refractivity contribution in [1.82, 2.24) is 24.0 Å². The average molecular weight is 532 g/mol. The Kier molecular flexibility index (Phi) is 7.12. The van der Waals surface area contributed by atoms with Gasteiger partial charge in [-0.3, -0.25) is 14.2 Å². The fourth-order valence-corrected chi connectivity index (χ4v) is 5.41. The van der Waals surface area contributed by atoms with E-state index in [4.69, 9.17) is 4.74 Å². The summed E-state index contributed by atoms with van der Waals surface area (Å²) < 4.78 is 8.79. The van der Waals surface area contributed by atoms with E-state index in [2.05, 4.69) is 15.3 Å². The van der Waals surface area contributed by atoms with Gasteiger partial charge in [0.1, 0.15) is 22.9 Å². The zero-order valence-electron chi connectivity index (χ0n) is 22.5. The Balaban J connectivity index is 1.33. The number of hydrogen-bond donors (Lipinski definition) is 1. The summed E-state index contributed by atoms with van der Waals surface area (Å²) in [7, 11) is 0. The van der Waals surface area contributed by atoms with Crippen LogP contribution in [0.15, 0.2) is 40.2 Å². The molecule has 1 amide bonds. The molecule has 2 fully saturated rings. The third-order valence-electron chi connectivity index (χ3n) is 7.30. The highest BCUT2D eigenvalue weighted by Crippen LogP contribution is 2.31. The van der Waals surface area contributed by atoms with Gasteiger partial charge in [-0.05, 0) is 58.6 Å². The third kappa shape index (κ3) is 5.65. The molecule has 39 heavy (non-hydrogen) atoms. The maximum atomic E-state index is 13.0. The summed E-state index contributed by atoms with van der Waals surface area (Å²) in [5.41, 5.74) is 0.0496. The second kappa shape index (κ2) is 10.5. The molecule has 0 atom stereocenters. The van der Waals surface area contributed by atoms with Crippen LogP contribution in [0.5, 0.6) is 0 Å². The zero-order chi connectivity index (χ0) is 27.7. The number of pyridine rings is 2. The number of rotatable bonds is 4. The van der Waals surface area contributed by atoms with Crippen LogP contribution in [0.3, 0.4) is 0 Å². The lowest BCUT2D eigenvalue weighted by molar-refractivity contribution is 0.0187. The first-order valence-electron chi connectivity index (χ1n) is 13.4. The molecule has 3 aromatic rings. The first-order valence-corrected chi connectivity index (χ1v) is 13.4. The Hall–Kier alpha value is -4.20. The summed E-state index contributed by atoms with van der Waals surface area (Å²) in [5.74, 6) is 0.265. The minimum absolute atomic E-state index is 0.00159. The summed E-state index contributed by atoms with van der Waals surface area (Å²) >= 11 is 0. The number of anilines is 2. The van der Waals surface area contributed by atoms with E-state index in [0.717, 1.165) is 25.7 Å². The first kappa shape index (κ1) is 26.4. The number of fused-ring (bicyclic) bond motifs is 1. The molecule has 0 spiro atoms. The van der Waals surface area contributed by atoms with Crippen LogP contribution in [0.4, 0.5) is 16.4 Å². The summed E-state index contributed by atoms with van der Waals surface area (Å²) in [6, 6.07) is 6.80. The minimum atomic E-state index is -0.546. The van der Waals surface area contributed by atoms with Crippen molar-refractivity contribution in [3.05, 3.63) is 56.9 Å². The molecule has 1 aliphatic carbocycles. The van der Waals surface area contributed by atoms with Crippen LogP contribution < -0.4 is 16.4 Å². The van der Waals surface area contributed by atoms with Gasteiger partial charge in [0.15, 0.2) is 0 Å². The summed E-state index contributed by atoms with van der Waals surface area (Å²) in [4.78, 5) is 49.0. The van der Waals surface area contributed by atoms with Gasteiger partial charge in [0.05, 0.1) is 0 Å². The third-order valence-corrected chi connectivity index (χ3v) is 7.30. The van der Waals surface area contributed by atoms with Crippen molar-refractivity contribution in [2.75, 3.05) is 18.4 Å². The molecule has 11 nitrogen and oxygen atoms in total. The SMILES string of the molecule is CC(C)(C)OC(=O)N1CCC(n2ccc(Nc3ncc4cc(C#N)c(=O)n(C5CCCC5)c4n3)cc2=O)CC1. The number of carbonyl (C=O) groups is 1. The molecule has 1 N–H and O–H groups in total. The normalized spacial score (nSPS) is 16.8. The number of hydrogen-bond acceptors (Lipinski definition) is 8. The molecule has 2 aliphatic rings. The van der Waals surface area contributed by atoms with Gasteiger partial charge < -0.3 is 19.5 Å². The maximum absolute atomic E-state index is 13.0. The summed E-state index contributed by atoms with van der Waals surface area (Å²) in [6.45, 7) is 6.57. The van der Waals surface area contributed by atoms with Crippen molar-refractivity contribution in [2.45, 2.75) is 77.0 Å². The molecule has 1 saturated carbocycles. The molecule has 0 bridgehead atoms. The first-order chi connectivity index (χ1) is 18.6. The number of ether oxygens (including phenoxy) is 1. The number of piperidine rings is 1. The van der Waals surface area contributed by atoms with E-state index in [1.54, 1.807) is 32.5 Å². The fraction of sp³-hybridized carbons (Fsp3) is 0.500. The van der Waals surface area contributed by atoms with Crippen LogP contribution in [-0.4, -0.2) is 48.8 Å². The number of nitrogens with one attached hydrogen (secondary N) is 1. The molecule has 11 heteroatoms. The Morgan fingerprint density at radius 3 is 2.46 bits per heavy atom. The minimum Gasteiger partial charge on any atom is -0.444 e. The van der Waals surface area contributed by atoms with E-state index >= 15 is 0 Å². The Morgan fingerprint density at radius 2 is 1.82 bits per heavy atom. The van der Waals surface area contributed by atoms with E-state index in [1.807, 2.05) is 26.8 Å². The Morgan fingerprint density at radius 1 is 1.10 bits per heavy atom. The van der Waals surface area contributed by atoms with Gasteiger partial charge in [0.25, 0.3) is 11.1 Å². The molecule has 1 saturated heterocycles. The van der Waals surface area contributed by atoms with Crippen molar-refractivity contribution in [3.63, 3.8) is 0 Å². The van der Waals surface area contributed by atoms with Crippen molar-refractivity contribution in [2.24, 2.45) is 0 Å². The lowest BCUT2D eigenvalue weighted by atomic mass is 10.0. The van der Waals surface area contributed by atoms with E-state index in [1.165, 1.54) is 12.1 Å². The van der Waals surface area contributed by atoms with Gasteiger partial charge in [-0.25, -0.2) is 9.78 Å². The molecule has 1 aliphatic heterocycles. The standard InChI is InChI=1S/C28H33N7O4/c1-28(2,3)39-27(38)33-11-9-21(10-12-33)34-13-8-20(15-23(34)36)31-26-30-17-19-14-18(16-29)25(37)35(24(19)32-26)22-6-4-5-7-22/h8,13-15,17,21-22H,4-7,9-12H2,1-3H3,(H,30,31,32). The maximum Gasteiger partial charge on any atom is 0.410 e. The van der Waals surface area contributed by atoms with Crippen molar-refractivity contribution in [3.8, 4) is 6.07 Å². The molecular weight excluding hydrogens is 498 g/mol. The van der Waals surface area contributed by atoms with Crippen LogP contribution in [-0.2, 0) is 4.74 Å². The topological polar surface area (TPSA) is 135 Å². The number of aromatic nitrogens is 4. The van der Waals surface area contributed by atoms with Gasteiger partial charge in [-0.15, -0.1) is 0 Å². The van der Waals surface area contributed by atoms with Gasteiger partial charge in [-0.2, -0.15) is 10.2 Å². The molecule has 0 unspecified atom stereocenters. The van der Waals surface area contributed by atoms with E-state index < -0.39 is 5.60 Å². The molecule has 0 aromatic carbocycles. The highest BCUT2D eigenvalue weighted by Gasteiger charge is 2.28. The number of nitriles is 1. The Bertz CT molecular complexity index is 1550. The van der Waals surface area contributed by atoms with Crippen LogP contribution >= 0.6 is 0 Å². The number of likely N-dealkylation sites (tertiary alicyclic amines) is 1. The van der Waals surface area contributed by atoms with Crippen LogP contribution in [0.2, 0.25) is 0 Å². The molecule has 5 rings (SSSR count). The molecule has 204 valence electrons. The predicted octanol–water partition coefficient (Wildman–Crippen LogP) is 4.26. The van der Waals surface area contributed by atoms with E-state index in [0.29, 0.717) is 42.7 Å². The van der Waals surface area contributed by atoms with Crippen molar-refractivity contribution in [1.29, 1.82) is 5.26 Å². The second-order valence-electron chi connectivity index (χ2n) is 11.2.